The number of hydrogen-bond donors (Lipinski definition) is 0. The fourth-order valence-corrected chi connectivity index (χ4v) is 0.837. The predicted molar refractivity (Wildman–Crippen MR) is 62.9 cm³/mol. The Bertz CT molecular complexity index is 303. The number of nitrogens with zero attached hydrogens (tertiary/aromatic N) is 2. The number of nitriles is 1. The Morgan fingerprint density at radius 2 is 1.80 bits per heavy atom. The molecule has 0 atom stereocenters. The first kappa shape index (κ1) is 15.9. The van der Waals surface area contributed by atoms with Crippen LogP contribution in [0.25, 0.3) is 0 Å². The fraction of sp³-hybridized carbons (Fsp3) is 0.500. The molecular formula is C12H20N2O. The van der Waals surface area contributed by atoms with Crippen molar-refractivity contribution in [2.45, 2.75) is 34.6 Å². The Hall–Kier alpha value is -1.56. The van der Waals surface area contributed by atoms with Gasteiger partial charge in [-0.05, 0) is 13.0 Å². The third kappa shape index (κ3) is 5.69. The van der Waals surface area contributed by atoms with E-state index in [2.05, 4.69) is 4.98 Å². The molecule has 0 spiro atoms. The van der Waals surface area contributed by atoms with E-state index in [0.29, 0.717) is 11.4 Å². The van der Waals surface area contributed by atoms with Gasteiger partial charge in [0.25, 0.3) is 0 Å². The molecule has 0 unspecified atom stereocenters. The lowest BCUT2D eigenvalue weighted by Crippen LogP contribution is -1.91. The molecule has 0 aliphatic carbocycles. The molecule has 0 amide bonds. The lowest BCUT2D eigenvalue weighted by molar-refractivity contribution is 0.394. The zero-order chi connectivity index (χ0) is 12.3. The molecule has 15 heavy (non-hydrogen) atoms. The number of aromatic nitrogens is 1. The second-order valence-corrected chi connectivity index (χ2v) is 2.16. The third-order valence-corrected chi connectivity index (χ3v) is 1.35. The molecule has 0 N–H and O–H groups in total. The summed E-state index contributed by atoms with van der Waals surface area (Å²) >= 11 is 0. The number of hydrogen-bond acceptors (Lipinski definition) is 3. The molecule has 3 nitrogen and oxygen atoms in total. The van der Waals surface area contributed by atoms with Crippen LogP contribution in [0.15, 0.2) is 12.3 Å². The van der Waals surface area contributed by atoms with E-state index in [1.807, 2.05) is 40.7 Å². The maximum absolute atomic E-state index is 8.49. The van der Waals surface area contributed by atoms with Gasteiger partial charge in [-0.15, -0.1) is 0 Å². The highest BCUT2D eigenvalue weighted by Crippen LogP contribution is 2.13. The van der Waals surface area contributed by atoms with E-state index in [1.54, 1.807) is 13.2 Å². The van der Waals surface area contributed by atoms with Gasteiger partial charge < -0.3 is 4.74 Å². The fourth-order valence-electron chi connectivity index (χ4n) is 0.837. The monoisotopic (exact) mass is 208 g/mol. The van der Waals surface area contributed by atoms with Gasteiger partial charge in [-0.1, -0.05) is 27.7 Å². The zero-order valence-corrected chi connectivity index (χ0v) is 10.5. The summed E-state index contributed by atoms with van der Waals surface area (Å²) in [7, 11) is 1.56. The molecule has 0 radical (unpaired) electrons. The van der Waals surface area contributed by atoms with Gasteiger partial charge >= 0.3 is 0 Å². The third-order valence-electron chi connectivity index (χ3n) is 1.35. The minimum Gasteiger partial charge on any atom is -0.481 e. The minimum absolute atomic E-state index is 0.559. The molecule has 3 heteroatoms. The van der Waals surface area contributed by atoms with Crippen LogP contribution in [-0.2, 0) is 0 Å². The highest BCUT2D eigenvalue weighted by molar-refractivity contribution is 5.34. The lowest BCUT2D eigenvalue weighted by atomic mass is 10.2. The van der Waals surface area contributed by atoms with Crippen molar-refractivity contribution >= 4 is 0 Å². The van der Waals surface area contributed by atoms with Crippen molar-refractivity contribution in [2.75, 3.05) is 7.11 Å². The highest BCUT2D eigenvalue weighted by Gasteiger charge is 1.99. The van der Waals surface area contributed by atoms with Crippen LogP contribution in [0.1, 0.15) is 38.8 Å². The van der Waals surface area contributed by atoms with E-state index in [0.717, 1.165) is 5.56 Å². The Morgan fingerprint density at radius 1 is 1.27 bits per heavy atom. The van der Waals surface area contributed by atoms with Gasteiger partial charge in [0.2, 0.25) is 5.88 Å². The maximum Gasteiger partial charge on any atom is 0.215 e. The Labute approximate surface area is 92.7 Å². The summed E-state index contributed by atoms with van der Waals surface area (Å²) in [6.07, 6.45) is 1.49. The second kappa shape index (κ2) is 10.5. The van der Waals surface area contributed by atoms with Crippen LogP contribution < -0.4 is 4.74 Å². The molecular weight excluding hydrogens is 188 g/mol. The second-order valence-electron chi connectivity index (χ2n) is 2.16. The van der Waals surface area contributed by atoms with Crippen molar-refractivity contribution in [1.82, 2.24) is 4.98 Å². The summed E-state index contributed by atoms with van der Waals surface area (Å²) in [5.41, 5.74) is 1.44. The number of methoxy groups -OCH3 is 1. The number of rotatable bonds is 1. The van der Waals surface area contributed by atoms with Crippen LogP contribution in [0, 0.1) is 18.3 Å². The average molecular weight is 208 g/mol. The molecule has 1 rings (SSSR count). The Kier molecular flexibility index (Phi) is 11.1. The normalized spacial score (nSPS) is 7.27. The summed E-state index contributed by atoms with van der Waals surface area (Å²) in [5, 5.41) is 8.49. The molecule has 84 valence electrons. The van der Waals surface area contributed by atoms with Gasteiger partial charge in [0.15, 0.2) is 0 Å². The average Bonchev–Trinajstić information content (AvgIpc) is 2.34. The van der Waals surface area contributed by atoms with Crippen molar-refractivity contribution in [3.05, 3.63) is 23.4 Å². The smallest absolute Gasteiger partial charge is 0.215 e. The standard InChI is InChI=1S/C8H8N2O.2C2H6/c1-6-3-7(4-9)5-10-8(6)11-2;2*1-2/h3,5H,1-2H3;2*1-2H3. The summed E-state index contributed by atoms with van der Waals surface area (Å²) < 4.78 is 4.92. The summed E-state index contributed by atoms with van der Waals surface area (Å²) in [6, 6.07) is 3.74. The Morgan fingerprint density at radius 3 is 2.13 bits per heavy atom. The first-order chi connectivity index (χ1) is 7.27. The number of aryl methyl sites for hydroxylation is 1. The highest BCUT2D eigenvalue weighted by atomic mass is 16.5. The van der Waals surface area contributed by atoms with Crippen LogP contribution >= 0.6 is 0 Å². The molecule has 0 aromatic carbocycles. The van der Waals surface area contributed by atoms with Crippen LogP contribution in [-0.4, -0.2) is 12.1 Å². The van der Waals surface area contributed by atoms with Gasteiger partial charge in [-0.2, -0.15) is 5.26 Å². The number of pyridine rings is 1. The largest absolute Gasteiger partial charge is 0.481 e. The van der Waals surface area contributed by atoms with Crippen molar-refractivity contribution < 1.29 is 4.74 Å². The van der Waals surface area contributed by atoms with Crippen molar-refractivity contribution in [2.24, 2.45) is 0 Å². The minimum atomic E-state index is 0.559. The maximum atomic E-state index is 8.49. The predicted octanol–water partition coefficient (Wildman–Crippen LogP) is 3.32. The van der Waals surface area contributed by atoms with E-state index < -0.39 is 0 Å². The van der Waals surface area contributed by atoms with E-state index >= 15 is 0 Å². The number of ether oxygens (including phenoxy) is 1. The zero-order valence-electron chi connectivity index (χ0n) is 10.5. The molecule has 1 aromatic rings. The SMILES string of the molecule is CC.CC.COc1ncc(C#N)cc1C. The van der Waals surface area contributed by atoms with Gasteiger partial charge in [-0.25, -0.2) is 4.98 Å². The topological polar surface area (TPSA) is 45.9 Å². The first-order valence-corrected chi connectivity index (χ1v) is 5.18. The van der Waals surface area contributed by atoms with Crippen LogP contribution in [0.3, 0.4) is 0 Å². The molecule has 0 saturated heterocycles. The van der Waals surface area contributed by atoms with E-state index in [-0.39, 0.29) is 0 Å². The molecule has 0 bridgehead atoms. The molecule has 0 saturated carbocycles. The van der Waals surface area contributed by atoms with Crippen LogP contribution in [0.5, 0.6) is 5.88 Å². The molecule has 0 fully saturated rings. The van der Waals surface area contributed by atoms with E-state index in [4.69, 9.17) is 10.00 Å². The van der Waals surface area contributed by atoms with Crippen LogP contribution in [0.4, 0.5) is 0 Å². The lowest BCUT2D eigenvalue weighted by Gasteiger charge is -2.00. The molecule has 1 aromatic heterocycles. The summed E-state index contributed by atoms with van der Waals surface area (Å²) in [5.74, 6) is 0.573. The quantitative estimate of drug-likeness (QED) is 0.711. The summed E-state index contributed by atoms with van der Waals surface area (Å²) in [4.78, 5) is 3.92. The van der Waals surface area contributed by atoms with Crippen LogP contribution in [0.2, 0.25) is 0 Å². The molecule has 1 heterocycles. The van der Waals surface area contributed by atoms with Gasteiger partial charge in [-0.3, -0.25) is 0 Å². The van der Waals surface area contributed by atoms with Gasteiger partial charge in [0.1, 0.15) is 6.07 Å². The molecule has 0 aliphatic heterocycles. The van der Waals surface area contributed by atoms with Gasteiger partial charge in [0, 0.05) is 11.8 Å². The van der Waals surface area contributed by atoms with Crippen molar-refractivity contribution in [1.29, 1.82) is 5.26 Å². The van der Waals surface area contributed by atoms with Crippen molar-refractivity contribution in [3.8, 4) is 11.9 Å². The van der Waals surface area contributed by atoms with Crippen molar-refractivity contribution in [3.63, 3.8) is 0 Å². The van der Waals surface area contributed by atoms with E-state index in [9.17, 15) is 0 Å². The van der Waals surface area contributed by atoms with E-state index in [1.165, 1.54) is 6.20 Å². The first-order valence-electron chi connectivity index (χ1n) is 5.18. The molecule has 0 aliphatic rings. The van der Waals surface area contributed by atoms with Gasteiger partial charge in [0.05, 0.1) is 12.7 Å². The Balaban J connectivity index is 0. The summed E-state index contributed by atoms with van der Waals surface area (Å²) in [6.45, 7) is 9.85.